The SMILES string of the molecule is CC(CNCCS(=O)(=O)C(C)(C)C)N1CCCCC1. The van der Waals surface area contributed by atoms with E-state index in [4.69, 9.17) is 0 Å². The first kappa shape index (κ1) is 16.9. The van der Waals surface area contributed by atoms with Gasteiger partial charge in [-0.05, 0) is 53.6 Å². The van der Waals surface area contributed by atoms with Gasteiger partial charge in [-0.15, -0.1) is 0 Å². The maximum atomic E-state index is 11.9. The molecule has 1 aliphatic heterocycles. The van der Waals surface area contributed by atoms with Crippen LogP contribution in [0.2, 0.25) is 0 Å². The molecule has 0 saturated carbocycles. The monoisotopic (exact) mass is 290 g/mol. The van der Waals surface area contributed by atoms with E-state index in [1.165, 1.54) is 32.4 Å². The zero-order valence-electron chi connectivity index (χ0n) is 12.9. The van der Waals surface area contributed by atoms with Crippen LogP contribution in [0.3, 0.4) is 0 Å². The predicted octanol–water partition coefficient (Wildman–Crippen LogP) is 1.66. The fraction of sp³-hybridized carbons (Fsp3) is 1.00. The number of hydrogen-bond donors (Lipinski definition) is 1. The first-order valence-corrected chi connectivity index (χ1v) is 9.06. The molecule has 1 saturated heterocycles. The van der Waals surface area contributed by atoms with E-state index in [1.807, 2.05) is 0 Å². The minimum Gasteiger partial charge on any atom is -0.314 e. The Morgan fingerprint density at radius 3 is 2.26 bits per heavy atom. The summed E-state index contributed by atoms with van der Waals surface area (Å²) in [6.07, 6.45) is 3.94. The molecule has 114 valence electrons. The topological polar surface area (TPSA) is 49.4 Å². The summed E-state index contributed by atoms with van der Waals surface area (Å²) < 4.78 is 23.3. The molecule has 1 unspecified atom stereocenters. The fourth-order valence-electron chi connectivity index (χ4n) is 2.31. The van der Waals surface area contributed by atoms with Crippen molar-refractivity contribution in [3.05, 3.63) is 0 Å². The Hall–Kier alpha value is -0.130. The van der Waals surface area contributed by atoms with Crippen LogP contribution in [0.25, 0.3) is 0 Å². The van der Waals surface area contributed by atoms with Crippen molar-refractivity contribution >= 4 is 9.84 Å². The average Bonchev–Trinajstić information content (AvgIpc) is 2.34. The van der Waals surface area contributed by atoms with Crippen LogP contribution in [0.4, 0.5) is 0 Å². The fourth-order valence-corrected chi connectivity index (χ4v) is 3.34. The lowest BCUT2D eigenvalue weighted by atomic mass is 10.1. The molecule has 0 aromatic heterocycles. The predicted molar refractivity (Wildman–Crippen MR) is 81.3 cm³/mol. The van der Waals surface area contributed by atoms with Crippen LogP contribution in [0, 0.1) is 0 Å². The Morgan fingerprint density at radius 1 is 1.16 bits per heavy atom. The first-order valence-electron chi connectivity index (χ1n) is 7.41. The van der Waals surface area contributed by atoms with E-state index in [1.54, 1.807) is 20.8 Å². The maximum absolute atomic E-state index is 11.9. The van der Waals surface area contributed by atoms with Gasteiger partial charge in [0.1, 0.15) is 0 Å². The van der Waals surface area contributed by atoms with Gasteiger partial charge in [0.05, 0.1) is 10.5 Å². The van der Waals surface area contributed by atoms with Crippen molar-refractivity contribution in [2.45, 2.75) is 57.7 Å². The van der Waals surface area contributed by atoms with E-state index >= 15 is 0 Å². The van der Waals surface area contributed by atoms with Gasteiger partial charge in [-0.1, -0.05) is 6.42 Å². The second-order valence-corrected chi connectivity index (χ2v) is 9.44. The van der Waals surface area contributed by atoms with Gasteiger partial charge in [0, 0.05) is 19.1 Å². The molecular formula is C14H30N2O2S. The molecule has 4 nitrogen and oxygen atoms in total. The third-order valence-corrected chi connectivity index (χ3v) is 6.54. The average molecular weight is 290 g/mol. The molecule has 1 atom stereocenters. The largest absolute Gasteiger partial charge is 0.314 e. The number of rotatable bonds is 6. The molecule has 1 N–H and O–H groups in total. The summed E-state index contributed by atoms with van der Waals surface area (Å²) in [5.41, 5.74) is 0. The van der Waals surface area contributed by atoms with E-state index < -0.39 is 14.6 Å². The van der Waals surface area contributed by atoms with Crippen molar-refractivity contribution in [3.8, 4) is 0 Å². The molecule has 0 amide bonds. The molecule has 0 radical (unpaired) electrons. The van der Waals surface area contributed by atoms with E-state index in [2.05, 4.69) is 17.1 Å². The summed E-state index contributed by atoms with van der Waals surface area (Å²) in [6.45, 7) is 11.3. The Morgan fingerprint density at radius 2 is 1.74 bits per heavy atom. The maximum Gasteiger partial charge on any atom is 0.156 e. The zero-order valence-corrected chi connectivity index (χ0v) is 13.7. The molecule has 5 heteroatoms. The summed E-state index contributed by atoms with van der Waals surface area (Å²) in [4.78, 5) is 2.49. The second kappa shape index (κ2) is 7.04. The molecule has 0 aliphatic carbocycles. The lowest BCUT2D eigenvalue weighted by Crippen LogP contribution is -2.44. The Labute approximate surface area is 118 Å². The van der Waals surface area contributed by atoms with Gasteiger partial charge in [0.2, 0.25) is 0 Å². The molecule has 0 spiro atoms. The van der Waals surface area contributed by atoms with Gasteiger partial charge in [0.25, 0.3) is 0 Å². The van der Waals surface area contributed by atoms with Crippen LogP contribution in [0.5, 0.6) is 0 Å². The van der Waals surface area contributed by atoms with Gasteiger partial charge in [-0.25, -0.2) is 8.42 Å². The van der Waals surface area contributed by atoms with E-state index in [0.29, 0.717) is 12.6 Å². The highest BCUT2D eigenvalue weighted by Crippen LogP contribution is 2.15. The summed E-state index contributed by atoms with van der Waals surface area (Å²) in [7, 11) is -3.00. The van der Waals surface area contributed by atoms with Gasteiger partial charge in [-0.2, -0.15) is 0 Å². The molecule has 0 bridgehead atoms. The van der Waals surface area contributed by atoms with Crippen molar-refractivity contribution in [2.75, 3.05) is 31.9 Å². The minimum atomic E-state index is -3.00. The lowest BCUT2D eigenvalue weighted by Gasteiger charge is -2.32. The molecule has 1 aliphatic rings. The zero-order chi connectivity index (χ0) is 14.5. The normalized spacial score (nSPS) is 20.4. The Balaban J connectivity index is 2.23. The summed E-state index contributed by atoms with van der Waals surface area (Å²) >= 11 is 0. The number of nitrogens with one attached hydrogen (secondary N) is 1. The van der Waals surface area contributed by atoms with E-state index in [9.17, 15) is 8.42 Å². The summed E-state index contributed by atoms with van der Waals surface area (Å²) in [6, 6.07) is 0.498. The standard InChI is InChI=1S/C14H30N2O2S/c1-13(16-9-6-5-7-10-16)12-15-8-11-19(17,18)14(2,3)4/h13,15H,5-12H2,1-4H3. The Bertz CT molecular complexity index is 354. The number of likely N-dealkylation sites (tertiary alicyclic amines) is 1. The van der Waals surface area contributed by atoms with E-state index in [0.717, 1.165) is 6.54 Å². The number of hydrogen-bond acceptors (Lipinski definition) is 4. The molecule has 19 heavy (non-hydrogen) atoms. The van der Waals surface area contributed by atoms with E-state index in [-0.39, 0.29) is 5.75 Å². The molecule has 1 rings (SSSR count). The molecule has 1 fully saturated rings. The van der Waals surface area contributed by atoms with Crippen molar-refractivity contribution in [1.29, 1.82) is 0 Å². The highest BCUT2D eigenvalue weighted by molar-refractivity contribution is 7.92. The van der Waals surface area contributed by atoms with Crippen molar-refractivity contribution < 1.29 is 8.42 Å². The van der Waals surface area contributed by atoms with Crippen LogP contribution in [0.15, 0.2) is 0 Å². The van der Waals surface area contributed by atoms with Crippen LogP contribution in [-0.2, 0) is 9.84 Å². The molecular weight excluding hydrogens is 260 g/mol. The molecule has 1 heterocycles. The van der Waals surface area contributed by atoms with Crippen LogP contribution < -0.4 is 5.32 Å². The second-order valence-electron chi connectivity index (χ2n) is 6.58. The number of sulfone groups is 1. The number of nitrogens with zero attached hydrogens (tertiary/aromatic N) is 1. The van der Waals surface area contributed by atoms with Gasteiger partial charge >= 0.3 is 0 Å². The van der Waals surface area contributed by atoms with Crippen molar-refractivity contribution in [2.24, 2.45) is 0 Å². The smallest absolute Gasteiger partial charge is 0.156 e. The quantitative estimate of drug-likeness (QED) is 0.756. The molecule has 0 aromatic rings. The first-order chi connectivity index (χ1) is 8.74. The van der Waals surface area contributed by atoms with Crippen LogP contribution >= 0.6 is 0 Å². The van der Waals surface area contributed by atoms with Crippen molar-refractivity contribution in [1.82, 2.24) is 10.2 Å². The van der Waals surface area contributed by atoms with Gasteiger partial charge in [0.15, 0.2) is 9.84 Å². The van der Waals surface area contributed by atoms with Crippen LogP contribution in [-0.4, -0.2) is 56.0 Å². The van der Waals surface area contributed by atoms with Gasteiger partial charge in [-0.3, -0.25) is 4.90 Å². The summed E-state index contributed by atoms with van der Waals surface area (Å²) in [5, 5.41) is 3.29. The number of piperidine rings is 1. The molecule has 0 aromatic carbocycles. The minimum absolute atomic E-state index is 0.225. The third-order valence-electron chi connectivity index (χ3n) is 3.93. The lowest BCUT2D eigenvalue weighted by molar-refractivity contribution is 0.171. The Kier molecular flexibility index (Phi) is 6.27. The van der Waals surface area contributed by atoms with Gasteiger partial charge < -0.3 is 5.32 Å². The highest BCUT2D eigenvalue weighted by Gasteiger charge is 2.28. The van der Waals surface area contributed by atoms with Crippen molar-refractivity contribution in [3.63, 3.8) is 0 Å². The summed E-state index contributed by atoms with van der Waals surface area (Å²) in [5.74, 6) is 0.225. The van der Waals surface area contributed by atoms with Crippen LogP contribution in [0.1, 0.15) is 47.0 Å². The third kappa shape index (κ3) is 5.40. The highest BCUT2D eigenvalue weighted by atomic mass is 32.2.